The fourth-order valence-corrected chi connectivity index (χ4v) is 2.89. The normalized spacial score (nSPS) is 11.6. The maximum atomic E-state index is 12.5. The quantitative estimate of drug-likeness (QED) is 0.556. The molecule has 0 spiro atoms. The molecule has 3 N–H and O–H groups in total. The van der Waals surface area contributed by atoms with Crippen LogP contribution in [0.1, 0.15) is 34.5 Å². The summed E-state index contributed by atoms with van der Waals surface area (Å²) in [5, 5.41) is 11.6. The van der Waals surface area contributed by atoms with E-state index in [1.807, 2.05) is 25.1 Å². The maximum Gasteiger partial charge on any atom is 0.286 e. The van der Waals surface area contributed by atoms with Crippen molar-refractivity contribution in [3.63, 3.8) is 0 Å². The number of amides is 2. The number of ether oxygens (including phenoxy) is 1. The third kappa shape index (κ3) is 3.85. The van der Waals surface area contributed by atoms with E-state index in [9.17, 15) is 9.59 Å². The lowest BCUT2D eigenvalue weighted by molar-refractivity contribution is -0.117. The molecule has 1 aromatic heterocycles. The minimum absolute atomic E-state index is 0.202. The van der Waals surface area contributed by atoms with Crippen LogP contribution in [-0.2, 0) is 4.79 Å². The molecule has 1 unspecified atom stereocenters. The van der Waals surface area contributed by atoms with Crippen molar-refractivity contribution >= 4 is 28.3 Å². The Labute approximate surface area is 137 Å². The van der Waals surface area contributed by atoms with E-state index in [0.717, 1.165) is 16.9 Å². The van der Waals surface area contributed by atoms with Gasteiger partial charge in [-0.3, -0.25) is 14.8 Å². The number of hydroxylamine groups is 1. The van der Waals surface area contributed by atoms with Crippen LogP contribution in [0.2, 0.25) is 0 Å². The highest BCUT2D eigenvalue weighted by molar-refractivity contribution is 7.17. The average molecular weight is 335 g/mol. The van der Waals surface area contributed by atoms with Gasteiger partial charge in [-0.2, -0.15) is 0 Å². The minimum Gasteiger partial charge on any atom is -0.496 e. The topological polar surface area (TPSA) is 101 Å². The predicted octanol–water partition coefficient (Wildman–Crippen LogP) is 2.40. The number of carbonyl (C=O) groups excluding carboxylic acids is 2. The zero-order valence-electron chi connectivity index (χ0n) is 12.7. The van der Waals surface area contributed by atoms with Crippen LogP contribution < -0.4 is 15.5 Å². The summed E-state index contributed by atoms with van der Waals surface area (Å²) in [7, 11) is 1.56. The molecule has 7 nitrogen and oxygen atoms in total. The first kappa shape index (κ1) is 16.9. The Kier molecular flexibility index (Phi) is 5.67. The number of benzene rings is 1. The molecule has 1 heterocycles. The van der Waals surface area contributed by atoms with Crippen molar-refractivity contribution in [2.24, 2.45) is 0 Å². The van der Waals surface area contributed by atoms with Crippen molar-refractivity contribution in [3.8, 4) is 5.75 Å². The van der Waals surface area contributed by atoms with Gasteiger partial charge in [0.05, 0.1) is 19.2 Å². The molecule has 0 aliphatic rings. The van der Waals surface area contributed by atoms with Gasteiger partial charge in [0, 0.05) is 5.56 Å². The second-order valence-electron chi connectivity index (χ2n) is 4.66. The summed E-state index contributed by atoms with van der Waals surface area (Å²) in [6, 6.07) is 7.34. The van der Waals surface area contributed by atoms with E-state index in [-0.39, 0.29) is 10.8 Å². The molecule has 0 saturated heterocycles. The summed E-state index contributed by atoms with van der Waals surface area (Å²) in [6.45, 7) is 1.91. The largest absolute Gasteiger partial charge is 0.496 e. The maximum absolute atomic E-state index is 12.5. The molecule has 8 heteroatoms. The van der Waals surface area contributed by atoms with Gasteiger partial charge in [0.15, 0.2) is 5.13 Å². The number of hydrogen-bond donors (Lipinski definition) is 3. The number of para-hydroxylation sites is 1. The summed E-state index contributed by atoms with van der Waals surface area (Å²) in [6.07, 6.45) is 1.87. The van der Waals surface area contributed by atoms with Gasteiger partial charge in [0.1, 0.15) is 10.6 Å². The molecule has 1 atom stereocenters. The Hall–Kier alpha value is -2.45. The predicted molar refractivity (Wildman–Crippen MR) is 86.0 cm³/mol. The lowest BCUT2D eigenvalue weighted by Gasteiger charge is -2.17. The van der Waals surface area contributed by atoms with Gasteiger partial charge < -0.3 is 10.1 Å². The number of methoxy groups -OCH3 is 1. The van der Waals surface area contributed by atoms with Crippen molar-refractivity contribution in [2.75, 3.05) is 12.4 Å². The molecule has 122 valence electrons. The van der Waals surface area contributed by atoms with E-state index in [1.54, 1.807) is 13.2 Å². The van der Waals surface area contributed by atoms with Crippen molar-refractivity contribution in [1.82, 2.24) is 10.5 Å². The van der Waals surface area contributed by atoms with E-state index < -0.39 is 11.8 Å². The summed E-state index contributed by atoms with van der Waals surface area (Å²) >= 11 is 0.981. The SMILES string of the molecule is CCC(C(=O)Nc1ncc(C(=O)NO)s1)c1ccccc1OC. The Bertz CT molecular complexity index is 702. The van der Waals surface area contributed by atoms with E-state index in [1.165, 1.54) is 11.7 Å². The number of hydrogen-bond acceptors (Lipinski definition) is 6. The van der Waals surface area contributed by atoms with Crippen molar-refractivity contribution in [1.29, 1.82) is 0 Å². The third-order valence-electron chi connectivity index (χ3n) is 3.30. The zero-order chi connectivity index (χ0) is 16.8. The first-order valence-corrected chi connectivity index (χ1v) is 7.76. The molecule has 0 aliphatic heterocycles. The number of nitrogens with zero attached hydrogens (tertiary/aromatic N) is 1. The Morgan fingerprint density at radius 1 is 1.39 bits per heavy atom. The number of rotatable bonds is 6. The number of nitrogens with one attached hydrogen (secondary N) is 2. The lowest BCUT2D eigenvalue weighted by Crippen LogP contribution is -2.21. The number of aromatic nitrogens is 1. The minimum atomic E-state index is -0.667. The molecular weight excluding hydrogens is 318 g/mol. The Balaban J connectivity index is 2.17. The van der Waals surface area contributed by atoms with Crippen LogP contribution in [0.4, 0.5) is 5.13 Å². The van der Waals surface area contributed by atoms with Gasteiger partial charge in [-0.25, -0.2) is 10.5 Å². The number of thiazole rings is 1. The van der Waals surface area contributed by atoms with Crippen molar-refractivity contribution in [3.05, 3.63) is 40.9 Å². The van der Waals surface area contributed by atoms with Gasteiger partial charge in [-0.05, 0) is 12.5 Å². The third-order valence-corrected chi connectivity index (χ3v) is 4.21. The molecule has 0 aliphatic carbocycles. The van der Waals surface area contributed by atoms with Gasteiger partial charge in [0.25, 0.3) is 5.91 Å². The fraction of sp³-hybridized carbons (Fsp3) is 0.267. The highest BCUT2D eigenvalue weighted by atomic mass is 32.1. The van der Waals surface area contributed by atoms with Crippen LogP contribution >= 0.6 is 11.3 Å². The fourth-order valence-electron chi connectivity index (χ4n) is 2.19. The number of carbonyl (C=O) groups is 2. The first-order chi connectivity index (χ1) is 11.1. The van der Waals surface area contributed by atoms with Gasteiger partial charge in [0.2, 0.25) is 5.91 Å². The molecule has 1 aromatic carbocycles. The number of anilines is 1. The summed E-state index contributed by atoms with van der Waals surface area (Å²) in [5.74, 6) is -0.652. The van der Waals surface area contributed by atoms with Crippen molar-refractivity contribution in [2.45, 2.75) is 19.3 Å². The highest BCUT2D eigenvalue weighted by Gasteiger charge is 2.23. The van der Waals surface area contributed by atoms with Crippen LogP contribution in [0.3, 0.4) is 0 Å². The van der Waals surface area contributed by atoms with Crippen LogP contribution in [0.15, 0.2) is 30.5 Å². The smallest absolute Gasteiger partial charge is 0.286 e. The molecule has 0 saturated carbocycles. The van der Waals surface area contributed by atoms with Crippen LogP contribution in [0.25, 0.3) is 0 Å². The molecule has 2 amide bonds. The summed E-state index contributed by atoms with van der Waals surface area (Å²) in [4.78, 5) is 28.0. The molecule has 0 radical (unpaired) electrons. The Morgan fingerprint density at radius 2 is 2.13 bits per heavy atom. The zero-order valence-corrected chi connectivity index (χ0v) is 13.5. The molecule has 2 rings (SSSR count). The van der Waals surface area contributed by atoms with Gasteiger partial charge in [-0.1, -0.05) is 36.5 Å². The molecule has 23 heavy (non-hydrogen) atoms. The van der Waals surface area contributed by atoms with Gasteiger partial charge >= 0.3 is 0 Å². The standard InChI is InChI=1S/C15H17N3O4S/c1-3-9(10-6-4-5-7-11(10)22-2)13(19)17-15-16-8-12(23-15)14(20)18-21/h4-9,21H,3H2,1-2H3,(H,18,20)(H,16,17,19). The summed E-state index contributed by atoms with van der Waals surface area (Å²) < 4.78 is 5.30. The van der Waals surface area contributed by atoms with E-state index in [0.29, 0.717) is 17.3 Å². The van der Waals surface area contributed by atoms with Crippen LogP contribution in [0.5, 0.6) is 5.75 Å². The molecular formula is C15H17N3O4S. The van der Waals surface area contributed by atoms with E-state index in [2.05, 4.69) is 10.3 Å². The van der Waals surface area contributed by atoms with E-state index in [4.69, 9.17) is 9.94 Å². The van der Waals surface area contributed by atoms with Gasteiger partial charge in [-0.15, -0.1) is 0 Å². The Morgan fingerprint density at radius 3 is 2.78 bits per heavy atom. The summed E-state index contributed by atoms with van der Waals surface area (Å²) in [5.41, 5.74) is 2.32. The second kappa shape index (κ2) is 7.70. The lowest BCUT2D eigenvalue weighted by atomic mass is 9.95. The molecule has 2 aromatic rings. The van der Waals surface area contributed by atoms with E-state index >= 15 is 0 Å². The van der Waals surface area contributed by atoms with Crippen LogP contribution in [0, 0.1) is 0 Å². The molecule has 0 bridgehead atoms. The molecule has 0 fully saturated rings. The average Bonchev–Trinajstić information content (AvgIpc) is 3.03. The highest BCUT2D eigenvalue weighted by Crippen LogP contribution is 2.30. The van der Waals surface area contributed by atoms with Crippen LogP contribution in [-0.4, -0.2) is 29.1 Å². The monoisotopic (exact) mass is 335 g/mol. The van der Waals surface area contributed by atoms with Crippen molar-refractivity contribution < 1.29 is 19.5 Å². The first-order valence-electron chi connectivity index (χ1n) is 6.94. The second-order valence-corrected chi connectivity index (χ2v) is 5.69.